The molecule has 3 aliphatic rings. The van der Waals surface area contributed by atoms with E-state index in [2.05, 4.69) is 60.8 Å². The lowest BCUT2D eigenvalue weighted by atomic mass is 10.0. The van der Waals surface area contributed by atoms with E-state index in [1.165, 1.54) is 0 Å². The zero-order valence-electron chi connectivity index (χ0n) is 22.9. The molecule has 0 radical (unpaired) electrons. The number of benzene rings is 1. The molecule has 3 fully saturated rings. The predicted octanol–water partition coefficient (Wildman–Crippen LogP) is 3.13. The maximum atomic E-state index is 10.3. The first-order chi connectivity index (χ1) is 19.5. The molecule has 2 aromatic heterocycles. The highest BCUT2D eigenvalue weighted by atomic mass is 16.3. The summed E-state index contributed by atoms with van der Waals surface area (Å²) in [7, 11) is 0. The Morgan fingerprint density at radius 2 is 1.77 bits per heavy atom. The van der Waals surface area contributed by atoms with E-state index in [0.29, 0.717) is 41.6 Å². The van der Waals surface area contributed by atoms with Crippen molar-refractivity contribution in [2.45, 2.75) is 50.8 Å². The second-order valence-corrected chi connectivity index (χ2v) is 11.3. The number of rotatable bonds is 4. The van der Waals surface area contributed by atoms with Crippen LogP contribution in [0.4, 0.5) is 17.2 Å². The number of aromatic nitrogens is 3. The van der Waals surface area contributed by atoms with Crippen molar-refractivity contribution in [3.63, 3.8) is 0 Å². The van der Waals surface area contributed by atoms with Crippen molar-refractivity contribution in [3.05, 3.63) is 54.4 Å². The number of nitrogens with two attached hydrogens (primary N) is 1. The third-order valence-electron chi connectivity index (χ3n) is 8.66. The summed E-state index contributed by atoms with van der Waals surface area (Å²) in [6.45, 7) is 6.33. The van der Waals surface area contributed by atoms with Crippen LogP contribution in [0.3, 0.4) is 0 Å². The maximum absolute atomic E-state index is 10.3. The Kier molecular flexibility index (Phi) is 7.46. The molecule has 5 heterocycles. The number of anilines is 3. The molecule has 3 aliphatic heterocycles. The van der Waals surface area contributed by atoms with Crippen LogP contribution in [0, 0.1) is 17.8 Å². The van der Waals surface area contributed by atoms with Crippen LogP contribution in [0.15, 0.2) is 48.7 Å². The number of nitrogens with zero attached hydrogens (tertiary/aromatic N) is 6. The van der Waals surface area contributed by atoms with Gasteiger partial charge >= 0.3 is 0 Å². The second kappa shape index (κ2) is 11.3. The molecule has 0 saturated carbocycles. The van der Waals surface area contributed by atoms with Crippen molar-refractivity contribution in [1.82, 2.24) is 20.1 Å². The summed E-state index contributed by atoms with van der Waals surface area (Å²) in [4.78, 5) is 11.7. The molecule has 3 aromatic rings. The molecular weight excluding hydrogens is 502 g/mol. The van der Waals surface area contributed by atoms with Gasteiger partial charge in [0, 0.05) is 49.2 Å². The van der Waals surface area contributed by atoms with Crippen LogP contribution in [-0.4, -0.2) is 81.2 Å². The fourth-order valence-corrected chi connectivity index (χ4v) is 6.33. The fourth-order valence-electron chi connectivity index (χ4n) is 6.33. The number of pyridine rings is 1. The van der Waals surface area contributed by atoms with Crippen LogP contribution in [0.1, 0.15) is 38.3 Å². The minimum atomic E-state index is -0.210. The van der Waals surface area contributed by atoms with Gasteiger partial charge in [0.25, 0.3) is 0 Å². The average Bonchev–Trinajstić information content (AvgIpc) is 3.12. The van der Waals surface area contributed by atoms with Crippen molar-refractivity contribution in [1.29, 1.82) is 0 Å². The number of phenols is 1. The van der Waals surface area contributed by atoms with E-state index in [-0.39, 0.29) is 11.9 Å². The lowest BCUT2D eigenvalue weighted by Gasteiger charge is -2.43. The molecule has 0 aliphatic carbocycles. The number of aromatic hydroxyl groups is 1. The van der Waals surface area contributed by atoms with Gasteiger partial charge in [-0.15, -0.1) is 10.2 Å². The topological polar surface area (TPSA) is 115 Å². The number of aliphatic hydroxyl groups excluding tert-OH is 1. The molecule has 9 heteroatoms. The summed E-state index contributed by atoms with van der Waals surface area (Å²) in [5, 5.41) is 28.9. The summed E-state index contributed by atoms with van der Waals surface area (Å²) >= 11 is 0. The second-order valence-electron chi connectivity index (χ2n) is 11.3. The molecule has 6 rings (SSSR count). The summed E-state index contributed by atoms with van der Waals surface area (Å²) in [6, 6.07) is 14.0. The molecule has 208 valence electrons. The van der Waals surface area contributed by atoms with Crippen LogP contribution in [0.25, 0.3) is 11.3 Å². The molecule has 3 saturated heterocycles. The van der Waals surface area contributed by atoms with E-state index < -0.39 is 0 Å². The number of nitrogen functional groups attached to an aromatic ring is 1. The van der Waals surface area contributed by atoms with E-state index in [1.807, 2.05) is 24.4 Å². The van der Waals surface area contributed by atoms with E-state index in [1.54, 1.807) is 12.1 Å². The van der Waals surface area contributed by atoms with Crippen LogP contribution >= 0.6 is 0 Å². The number of likely N-dealkylation sites (tertiary alicyclic amines) is 1. The Morgan fingerprint density at radius 3 is 2.58 bits per heavy atom. The van der Waals surface area contributed by atoms with Crippen molar-refractivity contribution in [3.8, 4) is 28.8 Å². The quantitative estimate of drug-likeness (QED) is 0.430. The molecule has 0 spiro atoms. The first kappa shape index (κ1) is 26.4. The third-order valence-corrected chi connectivity index (χ3v) is 8.66. The number of hydrogen-bond donors (Lipinski definition) is 3. The molecule has 4 atom stereocenters. The predicted molar refractivity (Wildman–Crippen MR) is 157 cm³/mol. The number of piperazine rings is 1. The molecule has 9 nitrogen and oxygen atoms in total. The van der Waals surface area contributed by atoms with E-state index in [0.717, 1.165) is 68.9 Å². The number of hydrogen-bond acceptors (Lipinski definition) is 9. The lowest BCUT2D eigenvalue weighted by molar-refractivity contribution is 0.112. The summed E-state index contributed by atoms with van der Waals surface area (Å²) < 4.78 is 0. The van der Waals surface area contributed by atoms with Crippen LogP contribution < -0.4 is 15.5 Å². The Labute approximate surface area is 235 Å². The lowest BCUT2D eigenvalue weighted by Crippen LogP contribution is -2.54. The summed E-state index contributed by atoms with van der Waals surface area (Å²) in [6.07, 6.45) is 5.67. The molecule has 0 amide bonds. The van der Waals surface area contributed by atoms with Gasteiger partial charge in [0.1, 0.15) is 11.4 Å². The van der Waals surface area contributed by atoms with Gasteiger partial charge in [-0.2, -0.15) is 0 Å². The van der Waals surface area contributed by atoms with Crippen molar-refractivity contribution in [2.75, 3.05) is 48.3 Å². The van der Waals surface area contributed by atoms with Crippen LogP contribution in [-0.2, 0) is 0 Å². The standard InChI is InChI=1S/C31H37N7O2/c1-21-11-15-36(16-12-29(21)39)14-4-5-22-17-23(10-13-33-22)38-24-8-9-25(38)20-37(19-24)28-18-27(34-35-31(28)32)26-6-2-3-7-30(26)40/h2-3,6-7,10,13,17-18,21,24-25,29,39-40H,8-9,11-12,14-16,19-20H2,1H3,(H2,32,35). The zero-order chi connectivity index (χ0) is 27.6. The highest BCUT2D eigenvalue weighted by Crippen LogP contribution is 2.39. The Bertz CT molecular complexity index is 1390. The Morgan fingerprint density at radius 1 is 1.00 bits per heavy atom. The van der Waals surface area contributed by atoms with Gasteiger partial charge in [-0.1, -0.05) is 25.0 Å². The van der Waals surface area contributed by atoms with Gasteiger partial charge in [0.2, 0.25) is 0 Å². The minimum absolute atomic E-state index is 0.175. The monoisotopic (exact) mass is 539 g/mol. The Hall–Kier alpha value is -3.87. The van der Waals surface area contributed by atoms with Gasteiger partial charge < -0.3 is 25.7 Å². The highest BCUT2D eigenvalue weighted by Gasteiger charge is 2.40. The Balaban J connectivity index is 1.15. The molecule has 40 heavy (non-hydrogen) atoms. The van der Waals surface area contributed by atoms with Crippen molar-refractivity contribution >= 4 is 17.2 Å². The smallest absolute Gasteiger partial charge is 0.169 e. The number of aliphatic hydroxyl groups is 1. The minimum Gasteiger partial charge on any atom is -0.507 e. The zero-order valence-corrected chi connectivity index (χ0v) is 22.9. The third kappa shape index (κ3) is 5.42. The average molecular weight is 540 g/mol. The van der Waals surface area contributed by atoms with Crippen molar-refractivity contribution < 1.29 is 10.2 Å². The van der Waals surface area contributed by atoms with E-state index in [9.17, 15) is 10.2 Å². The van der Waals surface area contributed by atoms with Gasteiger partial charge in [-0.25, -0.2) is 4.98 Å². The molecular formula is C31H37N7O2. The SMILES string of the molecule is CC1CCN(CC#Cc2cc(N3C4CCC3CN(c3cc(-c5ccccc5O)nnc3N)C4)ccn2)CCC1O. The van der Waals surface area contributed by atoms with Gasteiger partial charge in [-0.05, 0) is 74.4 Å². The van der Waals surface area contributed by atoms with Crippen molar-refractivity contribution in [2.24, 2.45) is 5.92 Å². The van der Waals surface area contributed by atoms with Crippen LogP contribution in [0.2, 0.25) is 0 Å². The first-order valence-electron chi connectivity index (χ1n) is 14.3. The number of phenolic OH excluding ortho intramolecular Hbond substituents is 1. The fraction of sp³-hybridized carbons (Fsp3) is 0.452. The van der Waals surface area contributed by atoms with Gasteiger partial charge in [0.05, 0.1) is 24.0 Å². The molecule has 2 bridgehead atoms. The molecule has 1 aromatic carbocycles. The summed E-state index contributed by atoms with van der Waals surface area (Å²) in [5.74, 6) is 7.52. The van der Waals surface area contributed by atoms with Gasteiger partial charge in [0.15, 0.2) is 5.82 Å². The van der Waals surface area contributed by atoms with E-state index in [4.69, 9.17) is 5.73 Å². The molecule has 4 unspecified atom stereocenters. The number of para-hydroxylation sites is 1. The van der Waals surface area contributed by atoms with E-state index >= 15 is 0 Å². The summed E-state index contributed by atoms with van der Waals surface area (Å²) in [5.41, 5.74) is 10.4. The highest BCUT2D eigenvalue weighted by molar-refractivity contribution is 5.74. The van der Waals surface area contributed by atoms with Crippen LogP contribution in [0.5, 0.6) is 5.75 Å². The van der Waals surface area contributed by atoms with Gasteiger partial charge in [-0.3, -0.25) is 4.90 Å². The molecule has 4 N–H and O–H groups in total. The normalized spacial score (nSPS) is 24.9. The largest absolute Gasteiger partial charge is 0.507 e. The maximum Gasteiger partial charge on any atom is 0.169 e. The number of fused-ring (bicyclic) bond motifs is 2. The first-order valence-corrected chi connectivity index (χ1v) is 14.3.